The Kier molecular flexibility index (Phi) is 8.22. The van der Waals surface area contributed by atoms with Crippen molar-refractivity contribution in [2.75, 3.05) is 13.1 Å². The van der Waals surface area contributed by atoms with Gasteiger partial charge < -0.3 is 10.1 Å². The van der Waals surface area contributed by atoms with Crippen LogP contribution in [-0.4, -0.2) is 49.8 Å². The number of ether oxygens (including phenoxy) is 1. The Labute approximate surface area is 198 Å². The first-order valence-electron chi connectivity index (χ1n) is 12.1. The van der Waals surface area contributed by atoms with Crippen LogP contribution in [0.2, 0.25) is 0 Å². The summed E-state index contributed by atoms with van der Waals surface area (Å²) < 4.78 is 32.9. The summed E-state index contributed by atoms with van der Waals surface area (Å²) in [5.41, 5.74) is 1.02. The zero-order valence-electron chi connectivity index (χ0n) is 20.3. The van der Waals surface area contributed by atoms with E-state index in [1.165, 1.54) is 10.7 Å². The SMILES string of the molecule is CC(OC(=O)C1CCN(S(=O)(=O)c2ccc(C(C)(C)C)cc2)CC1)C(=O)NC1CCCCC1. The van der Waals surface area contributed by atoms with Crippen LogP contribution in [0.15, 0.2) is 29.2 Å². The van der Waals surface area contributed by atoms with Gasteiger partial charge in [-0.25, -0.2) is 8.42 Å². The van der Waals surface area contributed by atoms with Crippen LogP contribution in [0.25, 0.3) is 0 Å². The van der Waals surface area contributed by atoms with Gasteiger partial charge >= 0.3 is 5.97 Å². The van der Waals surface area contributed by atoms with Crippen LogP contribution in [0.4, 0.5) is 0 Å². The molecule has 0 bridgehead atoms. The maximum Gasteiger partial charge on any atom is 0.309 e. The lowest BCUT2D eigenvalue weighted by Crippen LogP contribution is -2.44. The Bertz CT molecular complexity index is 923. The predicted molar refractivity (Wildman–Crippen MR) is 127 cm³/mol. The number of piperidine rings is 1. The first kappa shape index (κ1) is 25.7. The second kappa shape index (κ2) is 10.6. The number of rotatable bonds is 6. The standard InChI is InChI=1S/C25H38N2O5S/c1-18(23(28)26-21-8-6-5-7-9-21)32-24(29)19-14-16-27(17-15-19)33(30,31)22-12-10-20(11-13-22)25(2,3)4/h10-13,18-19,21H,5-9,14-17H2,1-4H3,(H,26,28). The van der Waals surface area contributed by atoms with Crippen molar-refractivity contribution in [1.29, 1.82) is 0 Å². The van der Waals surface area contributed by atoms with Gasteiger partial charge in [0.15, 0.2) is 6.10 Å². The van der Waals surface area contributed by atoms with Crippen LogP contribution < -0.4 is 5.32 Å². The van der Waals surface area contributed by atoms with Gasteiger partial charge in [0.2, 0.25) is 10.0 Å². The highest BCUT2D eigenvalue weighted by Crippen LogP contribution is 2.28. The van der Waals surface area contributed by atoms with Crippen LogP contribution in [0.5, 0.6) is 0 Å². The highest BCUT2D eigenvalue weighted by molar-refractivity contribution is 7.89. The van der Waals surface area contributed by atoms with E-state index < -0.39 is 28.0 Å². The molecule has 2 fully saturated rings. The Morgan fingerprint density at radius 1 is 1.00 bits per heavy atom. The van der Waals surface area contributed by atoms with Gasteiger partial charge in [0.05, 0.1) is 10.8 Å². The fourth-order valence-corrected chi connectivity index (χ4v) is 5.97. The van der Waals surface area contributed by atoms with Gasteiger partial charge in [-0.2, -0.15) is 4.31 Å². The fourth-order valence-electron chi connectivity index (χ4n) is 4.50. The summed E-state index contributed by atoms with van der Waals surface area (Å²) in [4.78, 5) is 25.2. The second-order valence-corrected chi connectivity index (χ2v) is 12.3. The number of amides is 1. The van der Waals surface area contributed by atoms with E-state index in [0.717, 1.165) is 31.2 Å². The third-order valence-electron chi connectivity index (χ3n) is 6.76. The molecule has 7 nitrogen and oxygen atoms in total. The van der Waals surface area contributed by atoms with Crippen LogP contribution in [-0.2, 0) is 29.8 Å². The van der Waals surface area contributed by atoms with Crippen molar-refractivity contribution >= 4 is 21.9 Å². The second-order valence-electron chi connectivity index (χ2n) is 10.4. The van der Waals surface area contributed by atoms with E-state index in [4.69, 9.17) is 4.74 Å². The molecule has 0 aromatic heterocycles. The van der Waals surface area contributed by atoms with Crippen molar-refractivity contribution in [3.05, 3.63) is 29.8 Å². The predicted octanol–water partition coefficient (Wildman–Crippen LogP) is 3.77. The molecule has 2 aliphatic rings. The number of nitrogens with zero attached hydrogens (tertiary/aromatic N) is 1. The van der Waals surface area contributed by atoms with Gasteiger partial charge in [-0.3, -0.25) is 9.59 Å². The van der Waals surface area contributed by atoms with E-state index in [0.29, 0.717) is 12.8 Å². The van der Waals surface area contributed by atoms with Crippen molar-refractivity contribution in [3.8, 4) is 0 Å². The van der Waals surface area contributed by atoms with Crippen molar-refractivity contribution in [3.63, 3.8) is 0 Å². The molecule has 0 spiro atoms. The molecule has 1 aliphatic carbocycles. The molecule has 1 unspecified atom stereocenters. The molecule has 1 aromatic carbocycles. The minimum atomic E-state index is -3.61. The molecule has 33 heavy (non-hydrogen) atoms. The molecule has 184 valence electrons. The molecule has 1 atom stereocenters. The molecule has 8 heteroatoms. The molecule has 1 aromatic rings. The van der Waals surface area contributed by atoms with Crippen LogP contribution in [0, 0.1) is 5.92 Å². The monoisotopic (exact) mass is 478 g/mol. The number of hydrogen-bond donors (Lipinski definition) is 1. The Morgan fingerprint density at radius 2 is 1.58 bits per heavy atom. The maximum absolute atomic E-state index is 13.0. The smallest absolute Gasteiger partial charge is 0.309 e. The zero-order chi connectivity index (χ0) is 24.2. The molecule has 1 amide bonds. The molecule has 1 aliphatic heterocycles. The number of sulfonamides is 1. The van der Waals surface area contributed by atoms with Crippen LogP contribution in [0.1, 0.15) is 78.2 Å². The molecule has 3 rings (SSSR count). The summed E-state index contributed by atoms with van der Waals surface area (Å²) in [5, 5.41) is 2.98. The third-order valence-corrected chi connectivity index (χ3v) is 8.67. The Balaban J connectivity index is 1.51. The summed E-state index contributed by atoms with van der Waals surface area (Å²) in [5.74, 6) is -1.08. The van der Waals surface area contributed by atoms with Gasteiger partial charge in [0.1, 0.15) is 0 Å². The first-order chi connectivity index (χ1) is 15.5. The molecule has 0 radical (unpaired) electrons. The largest absolute Gasteiger partial charge is 0.452 e. The first-order valence-corrected chi connectivity index (χ1v) is 13.5. The van der Waals surface area contributed by atoms with Crippen molar-refractivity contribution in [2.45, 2.75) is 95.1 Å². The number of esters is 1. The number of hydrogen-bond acceptors (Lipinski definition) is 5. The maximum atomic E-state index is 13.0. The summed E-state index contributed by atoms with van der Waals surface area (Å²) in [7, 11) is -3.61. The molecule has 1 heterocycles. The normalized spacial score (nSPS) is 20.2. The fraction of sp³-hybridized carbons (Fsp3) is 0.680. The van der Waals surface area contributed by atoms with E-state index in [2.05, 4.69) is 26.1 Å². The summed E-state index contributed by atoms with van der Waals surface area (Å²) in [6, 6.07) is 7.19. The van der Waals surface area contributed by atoms with Gasteiger partial charge in [0, 0.05) is 19.1 Å². The number of carbonyl (C=O) groups excluding carboxylic acids is 2. The van der Waals surface area contributed by atoms with Crippen molar-refractivity contribution in [2.24, 2.45) is 5.92 Å². The molecular weight excluding hydrogens is 440 g/mol. The lowest BCUT2D eigenvalue weighted by Gasteiger charge is -2.31. The van der Waals surface area contributed by atoms with E-state index in [-0.39, 0.29) is 35.3 Å². The number of nitrogens with one attached hydrogen (secondary N) is 1. The Hall–Kier alpha value is -1.93. The van der Waals surface area contributed by atoms with Crippen LogP contribution in [0.3, 0.4) is 0 Å². The third kappa shape index (κ3) is 6.57. The van der Waals surface area contributed by atoms with Crippen molar-refractivity contribution in [1.82, 2.24) is 9.62 Å². The number of benzene rings is 1. The summed E-state index contributed by atoms with van der Waals surface area (Å²) in [6.07, 6.45) is 5.29. The van der Waals surface area contributed by atoms with Crippen molar-refractivity contribution < 1.29 is 22.7 Å². The minimum absolute atomic E-state index is 0.0502. The van der Waals surface area contributed by atoms with Gasteiger partial charge in [-0.05, 0) is 55.7 Å². The lowest BCUT2D eigenvalue weighted by atomic mass is 9.87. The van der Waals surface area contributed by atoms with Gasteiger partial charge in [0.25, 0.3) is 5.91 Å². The highest BCUT2D eigenvalue weighted by atomic mass is 32.2. The Morgan fingerprint density at radius 3 is 2.12 bits per heavy atom. The lowest BCUT2D eigenvalue weighted by molar-refractivity contribution is -0.160. The summed E-state index contributed by atoms with van der Waals surface area (Å²) in [6.45, 7) is 8.36. The molecular formula is C25H38N2O5S. The quantitative estimate of drug-likeness (QED) is 0.629. The molecule has 1 N–H and O–H groups in total. The molecule has 1 saturated heterocycles. The highest BCUT2D eigenvalue weighted by Gasteiger charge is 2.34. The average Bonchev–Trinajstić information content (AvgIpc) is 2.79. The van der Waals surface area contributed by atoms with E-state index >= 15 is 0 Å². The topological polar surface area (TPSA) is 92.8 Å². The average molecular weight is 479 g/mol. The summed E-state index contributed by atoms with van der Waals surface area (Å²) >= 11 is 0. The zero-order valence-corrected chi connectivity index (χ0v) is 21.1. The van der Waals surface area contributed by atoms with Crippen LogP contribution >= 0.6 is 0 Å². The van der Waals surface area contributed by atoms with E-state index in [1.807, 2.05) is 12.1 Å². The van der Waals surface area contributed by atoms with E-state index in [1.54, 1.807) is 19.1 Å². The van der Waals surface area contributed by atoms with Gasteiger partial charge in [-0.1, -0.05) is 52.2 Å². The number of carbonyl (C=O) groups is 2. The van der Waals surface area contributed by atoms with E-state index in [9.17, 15) is 18.0 Å². The minimum Gasteiger partial charge on any atom is -0.452 e. The molecule has 1 saturated carbocycles. The van der Waals surface area contributed by atoms with Gasteiger partial charge in [-0.15, -0.1) is 0 Å².